The van der Waals surface area contributed by atoms with Crippen LogP contribution in [0.1, 0.15) is 11.1 Å². The molecule has 122 valence electrons. The number of alkyl halides is 3. The summed E-state index contributed by atoms with van der Waals surface area (Å²) in [5.41, 5.74) is 0.137. The minimum atomic E-state index is -4.46. The van der Waals surface area contributed by atoms with Crippen LogP contribution in [0.2, 0.25) is 0 Å². The van der Waals surface area contributed by atoms with Gasteiger partial charge in [-0.3, -0.25) is 9.36 Å². The summed E-state index contributed by atoms with van der Waals surface area (Å²) in [6.45, 7) is 0. The van der Waals surface area contributed by atoms with Crippen molar-refractivity contribution in [1.82, 2.24) is 9.55 Å². The second kappa shape index (κ2) is 5.37. The second-order valence-corrected chi connectivity index (χ2v) is 6.57. The van der Waals surface area contributed by atoms with Gasteiger partial charge in [-0.15, -0.1) is 11.8 Å². The zero-order valence-corrected chi connectivity index (χ0v) is 13.1. The molecule has 7 heteroatoms. The van der Waals surface area contributed by atoms with Crippen LogP contribution in [0, 0.1) is 0 Å². The van der Waals surface area contributed by atoms with Crippen molar-refractivity contribution in [3.8, 4) is 5.69 Å². The minimum Gasteiger partial charge on any atom is -0.269 e. The van der Waals surface area contributed by atoms with Gasteiger partial charge < -0.3 is 0 Å². The van der Waals surface area contributed by atoms with Crippen LogP contribution in [0.5, 0.6) is 0 Å². The molecule has 0 saturated carbocycles. The summed E-state index contributed by atoms with van der Waals surface area (Å²) in [6.07, 6.45) is -2.31. The maximum atomic E-state index is 13.0. The maximum Gasteiger partial charge on any atom is 0.416 e. The van der Waals surface area contributed by atoms with Crippen molar-refractivity contribution in [2.45, 2.75) is 17.5 Å². The van der Waals surface area contributed by atoms with Crippen molar-refractivity contribution >= 4 is 22.8 Å². The highest BCUT2D eigenvalue weighted by Crippen LogP contribution is 2.36. The van der Waals surface area contributed by atoms with Gasteiger partial charge >= 0.3 is 6.18 Å². The molecule has 0 amide bonds. The first kappa shape index (κ1) is 15.3. The number of pyridine rings is 2. The van der Waals surface area contributed by atoms with Crippen LogP contribution in [0.3, 0.4) is 0 Å². The molecule has 1 aromatic carbocycles. The minimum absolute atomic E-state index is 0.179. The van der Waals surface area contributed by atoms with Crippen molar-refractivity contribution in [3.05, 3.63) is 64.1 Å². The third kappa shape index (κ3) is 2.31. The Morgan fingerprint density at radius 2 is 2.00 bits per heavy atom. The fourth-order valence-corrected chi connectivity index (χ4v) is 4.13. The Hall–Kier alpha value is -2.28. The van der Waals surface area contributed by atoms with E-state index < -0.39 is 11.7 Å². The van der Waals surface area contributed by atoms with Gasteiger partial charge in [0.2, 0.25) is 0 Å². The Labute approximate surface area is 139 Å². The molecule has 4 rings (SSSR count). The summed E-state index contributed by atoms with van der Waals surface area (Å²) in [7, 11) is 0. The molecular weight excluding hydrogens is 337 g/mol. The van der Waals surface area contributed by atoms with Crippen molar-refractivity contribution in [3.63, 3.8) is 0 Å². The van der Waals surface area contributed by atoms with Crippen LogP contribution >= 0.6 is 11.8 Å². The van der Waals surface area contributed by atoms with Crippen molar-refractivity contribution in [1.29, 1.82) is 0 Å². The third-order valence-electron chi connectivity index (χ3n) is 4.01. The van der Waals surface area contributed by atoms with Gasteiger partial charge in [0, 0.05) is 27.8 Å². The monoisotopic (exact) mass is 348 g/mol. The Balaban J connectivity index is 2.07. The molecular formula is C17H11F3N2OS. The molecule has 0 saturated heterocycles. The van der Waals surface area contributed by atoms with Gasteiger partial charge in [0.05, 0.1) is 11.3 Å². The lowest BCUT2D eigenvalue weighted by atomic mass is 10.1. The quantitative estimate of drug-likeness (QED) is 0.665. The highest BCUT2D eigenvalue weighted by Gasteiger charge is 2.31. The number of aromatic nitrogens is 2. The summed E-state index contributed by atoms with van der Waals surface area (Å²) < 4.78 is 40.3. The molecule has 0 fully saturated rings. The molecule has 24 heavy (non-hydrogen) atoms. The predicted molar refractivity (Wildman–Crippen MR) is 86.8 cm³/mol. The van der Waals surface area contributed by atoms with E-state index in [0.29, 0.717) is 17.6 Å². The third-order valence-corrected chi connectivity index (χ3v) is 5.17. The number of fused-ring (bicyclic) bond motifs is 3. The van der Waals surface area contributed by atoms with Crippen LogP contribution in [0.25, 0.3) is 16.7 Å². The summed E-state index contributed by atoms with van der Waals surface area (Å²) >= 11 is 1.59. The lowest BCUT2D eigenvalue weighted by molar-refractivity contribution is -0.137. The molecule has 0 atom stereocenters. The van der Waals surface area contributed by atoms with Gasteiger partial charge in [-0.05, 0) is 36.8 Å². The molecule has 0 aliphatic carbocycles. The summed E-state index contributed by atoms with van der Waals surface area (Å²) in [6, 6.07) is 8.41. The molecule has 3 nitrogen and oxygen atoms in total. The van der Waals surface area contributed by atoms with E-state index in [4.69, 9.17) is 0 Å². The number of halogens is 3. The first-order valence-electron chi connectivity index (χ1n) is 7.30. The molecule has 0 N–H and O–H groups in total. The largest absolute Gasteiger partial charge is 0.416 e. The lowest BCUT2D eigenvalue weighted by Gasteiger charge is -2.14. The molecule has 1 aliphatic rings. The highest BCUT2D eigenvalue weighted by atomic mass is 32.2. The SMILES string of the molecule is O=c1c2c(c3cccnc3n1-c1cccc(C(F)(F)F)c1)SCC2. The highest BCUT2D eigenvalue weighted by molar-refractivity contribution is 7.99. The predicted octanol–water partition coefficient (Wildman–Crippen LogP) is 4.05. The van der Waals surface area contributed by atoms with Crippen LogP contribution in [0.4, 0.5) is 13.2 Å². The van der Waals surface area contributed by atoms with Gasteiger partial charge in [-0.1, -0.05) is 6.07 Å². The van der Waals surface area contributed by atoms with Crippen LogP contribution in [-0.4, -0.2) is 15.3 Å². The first-order valence-corrected chi connectivity index (χ1v) is 8.28. The van der Waals surface area contributed by atoms with Crippen LogP contribution in [0.15, 0.2) is 52.3 Å². The average Bonchev–Trinajstić information content (AvgIpc) is 3.05. The molecule has 1 aliphatic heterocycles. The van der Waals surface area contributed by atoms with E-state index in [1.165, 1.54) is 22.9 Å². The van der Waals surface area contributed by atoms with Crippen LogP contribution in [-0.2, 0) is 12.6 Å². The summed E-state index contributed by atoms with van der Waals surface area (Å²) in [5.74, 6) is 0.793. The average molecular weight is 348 g/mol. The van der Waals surface area contributed by atoms with E-state index in [1.54, 1.807) is 17.8 Å². The van der Waals surface area contributed by atoms with Gasteiger partial charge in [0.15, 0.2) is 0 Å². The zero-order chi connectivity index (χ0) is 16.9. The maximum absolute atomic E-state index is 13.0. The van der Waals surface area contributed by atoms with Crippen LogP contribution < -0.4 is 5.56 Å². The number of hydrogen-bond donors (Lipinski definition) is 0. The van der Waals surface area contributed by atoms with Gasteiger partial charge in [0.1, 0.15) is 5.65 Å². The van der Waals surface area contributed by atoms with E-state index in [1.807, 2.05) is 6.07 Å². The molecule has 0 radical (unpaired) electrons. The van der Waals surface area contributed by atoms with E-state index in [9.17, 15) is 18.0 Å². The van der Waals surface area contributed by atoms with E-state index in [0.717, 1.165) is 28.2 Å². The normalized spacial score (nSPS) is 14.1. The Bertz CT molecular complexity index is 1010. The van der Waals surface area contributed by atoms with E-state index in [2.05, 4.69) is 4.98 Å². The van der Waals surface area contributed by atoms with Crippen molar-refractivity contribution in [2.24, 2.45) is 0 Å². The van der Waals surface area contributed by atoms with Gasteiger partial charge in [-0.25, -0.2) is 4.98 Å². The molecule has 0 unspecified atom stereocenters. The number of nitrogens with zero attached hydrogens (tertiary/aromatic N) is 2. The zero-order valence-electron chi connectivity index (χ0n) is 12.3. The topological polar surface area (TPSA) is 34.9 Å². The molecule has 2 aromatic heterocycles. The Morgan fingerprint density at radius 3 is 2.79 bits per heavy atom. The smallest absolute Gasteiger partial charge is 0.269 e. The number of benzene rings is 1. The fraction of sp³-hybridized carbons (Fsp3) is 0.176. The van der Waals surface area contributed by atoms with Crippen molar-refractivity contribution in [2.75, 3.05) is 5.75 Å². The molecule has 0 bridgehead atoms. The lowest BCUT2D eigenvalue weighted by Crippen LogP contribution is -2.23. The Morgan fingerprint density at radius 1 is 1.17 bits per heavy atom. The summed E-state index contributed by atoms with van der Waals surface area (Å²) in [4.78, 5) is 18.0. The van der Waals surface area contributed by atoms with Gasteiger partial charge in [0.25, 0.3) is 5.56 Å². The number of thioether (sulfide) groups is 1. The number of hydrogen-bond acceptors (Lipinski definition) is 3. The number of rotatable bonds is 1. The first-order chi connectivity index (χ1) is 11.5. The molecule has 3 heterocycles. The summed E-state index contributed by atoms with van der Waals surface area (Å²) in [5, 5.41) is 0.798. The van der Waals surface area contributed by atoms with Crippen molar-refractivity contribution < 1.29 is 13.2 Å². The second-order valence-electron chi connectivity index (χ2n) is 5.47. The van der Waals surface area contributed by atoms with Gasteiger partial charge in [-0.2, -0.15) is 13.2 Å². The fourth-order valence-electron chi connectivity index (χ4n) is 2.94. The molecule has 0 spiro atoms. The molecule has 3 aromatic rings. The van der Waals surface area contributed by atoms with E-state index >= 15 is 0 Å². The van der Waals surface area contributed by atoms with E-state index in [-0.39, 0.29) is 11.2 Å². The Kier molecular flexibility index (Phi) is 3.42. The standard InChI is InChI=1S/C17H11F3N2OS/c18-17(19,20)10-3-1-4-11(9-10)22-15-12(5-2-7-21-15)14-13(16(22)23)6-8-24-14/h1-5,7,9H,6,8H2.